The molecule has 436 valence electrons. The first-order valence-corrected chi connectivity index (χ1v) is 30.0. The summed E-state index contributed by atoms with van der Waals surface area (Å²) < 4.78 is 17.5. The van der Waals surface area contributed by atoms with Crippen molar-refractivity contribution in [2.45, 2.75) is 256 Å². The summed E-state index contributed by atoms with van der Waals surface area (Å²) in [5.41, 5.74) is 0. The molecule has 0 saturated carbocycles. The summed E-state index contributed by atoms with van der Waals surface area (Å²) >= 11 is 0. The van der Waals surface area contributed by atoms with E-state index in [-0.39, 0.29) is 19.4 Å². The third-order valence-corrected chi connectivity index (χ3v) is 13.2. The smallest absolute Gasteiger partial charge is 0.306 e. The van der Waals surface area contributed by atoms with E-state index in [4.69, 9.17) is 14.2 Å². The zero-order chi connectivity index (χ0) is 56.1. The average Bonchev–Trinajstić information content (AvgIpc) is 3.43. The molecule has 1 aliphatic heterocycles. The van der Waals surface area contributed by atoms with E-state index in [1.807, 2.05) is 54.7 Å². The van der Waals surface area contributed by atoms with Gasteiger partial charge in [-0.2, -0.15) is 0 Å². The van der Waals surface area contributed by atoms with Gasteiger partial charge in [0.15, 0.2) is 12.4 Å². The van der Waals surface area contributed by atoms with Crippen LogP contribution in [0.15, 0.2) is 134 Å². The van der Waals surface area contributed by atoms with Crippen molar-refractivity contribution in [1.82, 2.24) is 5.32 Å². The lowest BCUT2D eigenvalue weighted by Crippen LogP contribution is -2.61. The van der Waals surface area contributed by atoms with Gasteiger partial charge < -0.3 is 45.1 Å². The number of unbranched alkanes of at least 4 members (excludes halogenated alkanes) is 18. The van der Waals surface area contributed by atoms with E-state index in [1.54, 1.807) is 6.08 Å². The van der Waals surface area contributed by atoms with Crippen LogP contribution in [0.3, 0.4) is 0 Å². The van der Waals surface area contributed by atoms with Gasteiger partial charge in [-0.15, -0.1) is 0 Å². The highest BCUT2D eigenvalue weighted by molar-refractivity contribution is 5.80. The fourth-order valence-corrected chi connectivity index (χ4v) is 8.46. The highest BCUT2D eigenvalue weighted by atomic mass is 16.7. The topological polar surface area (TPSA) is 175 Å². The van der Waals surface area contributed by atoms with Gasteiger partial charge in [0.05, 0.1) is 25.4 Å². The molecule has 11 heteroatoms. The summed E-state index contributed by atoms with van der Waals surface area (Å²) in [6.07, 6.45) is 63.4. The van der Waals surface area contributed by atoms with Crippen LogP contribution in [-0.2, 0) is 23.8 Å². The Kier molecular flexibility index (Phi) is 48.3. The van der Waals surface area contributed by atoms with Crippen LogP contribution in [0.1, 0.15) is 207 Å². The van der Waals surface area contributed by atoms with E-state index in [1.165, 1.54) is 51.4 Å². The average molecular weight is 1070 g/mol. The van der Waals surface area contributed by atoms with E-state index in [0.29, 0.717) is 12.8 Å². The number of rotatable bonds is 48. The summed E-state index contributed by atoms with van der Waals surface area (Å²) in [4.78, 5) is 26.5. The lowest BCUT2D eigenvalue weighted by atomic mass is 9.99. The maximum Gasteiger partial charge on any atom is 0.306 e. The molecule has 0 bridgehead atoms. The normalized spacial score (nSPS) is 20.0. The Bertz CT molecular complexity index is 1760. The molecule has 1 rings (SSSR count). The van der Waals surface area contributed by atoms with Crippen LogP contribution < -0.4 is 5.32 Å². The molecule has 0 spiro atoms. The number of carbonyl (C=O) groups excluding carboxylic acids is 2. The van der Waals surface area contributed by atoms with Crippen molar-refractivity contribution in [1.29, 1.82) is 0 Å². The summed E-state index contributed by atoms with van der Waals surface area (Å²) in [5.74, 6) is -1.27. The van der Waals surface area contributed by atoms with Gasteiger partial charge in [0.2, 0.25) is 5.91 Å². The largest absolute Gasteiger partial charge is 0.454 e. The van der Waals surface area contributed by atoms with Gasteiger partial charge in [-0.1, -0.05) is 244 Å². The van der Waals surface area contributed by atoms with E-state index < -0.39 is 67.4 Å². The molecule has 6 N–H and O–H groups in total. The van der Waals surface area contributed by atoms with Crippen LogP contribution in [0.4, 0.5) is 0 Å². The maximum atomic E-state index is 13.4. The van der Waals surface area contributed by atoms with Crippen molar-refractivity contribution in [2.24, 2.45) is 0 Å². The number of hydrogen-bond donors (Lipinski definition) is 6. The van der Waals surface area contributed by atoms with Crippen molar-refractivity contribution in [3.05, 3.63) is 134 Å². The number of hydrogen-bond acceptors (Lipinski definition) is 10. The predicted octanol–water partition coefficient (Wildman–Crippen LogP) is 14.1. The second-order valence-corrected chi connectivity index (χ2v) is 20.1. The van der Waals surface area contributed by atoms with Crippen molar-refractivity contribution in [2.75, 3.05) is 13.2 Å². The van der Waals surface area contributed by atoms with Crippen LogP contribution in [0, 0.1) is 0 Å². The molecule has 1 aliphatic rings. The van der Waals surface area contributed by atoms with E-state index in [0.717, 1.165) is 109 Å². The van der Waals surface area contributed by atoms with Crippen LogP contribution in [-0.4, -0.2) is 99.6 Å². The minimum absolute atomic E-state index is 0.0638. The first kappa shape index (κ1) is 70.8. The van der Waals surface area contributed by atoms with Gasteiger partial charge in [0, 0.05) is 6.42 Å². The van der Waals surface area contributed by atoms with E-state index in [2.05, 4.69) is 99.0 Å². The van der Waals surface area contributed by atoms with Crippen LogP contribution in [0.25, 0.3) is 0 Å². The molecule has 0 aliphatic carbocycles. The van der Waals surface area contributed by atoms with Gasteiger partial charge >= 0.3 is 5.97 Å². The minimum Gasteiger partial charge on any atom is -0.454 e. The molecular formula is C66H107NO10. The summed E-state index contributed by atoms with van der Waals surface area (Å²) in [6.45, 7) is 5.47. The molecule has 1 saturated heterocycles. The number of allylic oxidation sites excluding steroid dienone is 21. The molecular weight excluding hydrogens is 967 g/mol. The lowest BCUT2D eigenvalue weighted by molar-refractivity contribution is -0.305. The molecule has 1 fully saturated rings. The predicted molar refractivity (Wildman–Crippen MR) is 319 cm³/mol. The molecule has 0 radical (unpaired) electrons. The third kappa shape index (κ3) is 40.6. The highest BCUT2D eigenvalue weighted by Crippen LogP contribution is 2.26. The molecule has 8 atom stereocenters. The minimum atomic E-state index is -1.64. The van der Waals surface area contributed by atoms with Gasteiger partial charge in [0.1, 0.15) is 24.4 Å². The number of aliphatic hydroxyl groups excluding tert-OH is 5. The highest BCUT2D eigenvalue weighted by Gasteiger charge is 2.47. The summed E-state index contributed by atoms with van der Waals surface area (Å²) in [5, 5.41) is 56.9. The molecule has 0 aromatic heterocycles. The molecule has 11 nitrogen and oxygen atoms in total. The van der Waals surface area contributed by atoms with Crippen molar-refractivity contribution < 1.29 is 49.3 Å². The second-order valence-electron chi connectivity index (χ2n) is 20.1. The van der Waals surface area contributed by atoms with Crippen molar-refractivity contribution in [3.8, 4) is 0 Å². The fraction of sp³-hybridized carbons (Fsp3) is 0.636. The lowest BCUT2D eigenvalue weighted by Gasteiger charge is -2.41. The number of amides is 1. The number of aliphatic hydroxyl groups is 5. The molecule has 1 amide bonds. The Labute approximate surface area is 467 Å². The summed E-state index contributed by atoms with van der Waals surface area (Å²) in [7, 11) is 0. The number of esters is 1. The van der Waals surface area contributed by atoms with Crippen LogP contribution in [0.2, 0.25) is 0 Å². The fourth-order valence-electron chi connectivity index (χ4n) is 8.46. The number of ether oxygens (including phenoxy) is 3. The summed E-state index contributed by atoms with van der Waals surface area (Å²) in [6, 6.07) is -1.05. The first-order chi connectivity index (χ1) is 37.7. The molecule has 0 aromatic rings. The van der Waals surface area contributed by atoms with E-state index >= 15 is 0 Å². The SMILES string of the molecule is CC/C=C\C/C=C\C/C=C\C/C=C\C/C=C\CCCCCCC(O)C(=O)NC(COC1OC(CO)C(O)C(O)C1OC(=O)CCCCC/C=C/C=C\C=C/C=C/C=C/CC)C(O)/C=C/CCCCCCCCCCCCC. The standard InChI is InChI=1S/C66H107NO10/c1-4-7-10-13-16-19-22-25-27-28-29-30-31-33-35-38-41-44-47-50-53-59(70)65(74)67-57(58(69)52-49-46-43-40-37-34-24-21-18-15-12-9-6-3)56-75-66-64(63(73)62(72)60(55-68)76-66)77-61(71)54-51-48-45-42-39-36-32-26-23-20-17-14-11-8-5-2/h7-8,10-11,14,16-17,19-20,23,25-27,29-30,32-33,35-36,39,49,52,57-60,62-64,66,68-70,72-73H,4-6,9,12-13,15,18,21-22,24,28,31,34,37-38,40-48,50-51,53-56H2,1-3H3,(H,67,74)/b10-7-,11-8+,17-14+,19-16-,23-20-,27-25-,30-29-,32-26-,35-33-,39-36+,52-49+. The van der Waals surface area contributed by atoms with Gasteiger partial charge in [-0.3, -0.25) is 9.59 Å². The van der Waals surface area contributed by atoms with Gasteiger partial charge in [-0.05, 0) is 89.9 Å². The van der Waals surface area contributed by atoms with Crippen molar-refractivity contribution in [3.63, 3.8) is 0 Å². The van der Waals surface area contributed by atoms with Crippen LogP contribution >= 0.6 is 0 Å². The monoisotopic (exact) mass is 1070 g/mol. The molecule has 0 aromatic carbocycles. The molecule has 77 heavy (non-hydrogen) atoms. The Morgan fingerprint density at radius 3 is 1.56 bits per heavy atom. The maximum absolute atomic E-state index is 13.4. The van der Waals surface area contributed by atoms with E-state index in [9.17, 15) is 35.1 Å². The third-order valence-electron chi connectivity index (χ3n) is 13.2. The quantitative estimate of drug-likeness (QED) is 0.0149. The number of carbonyl (C=O) groups is 2. The molecule has 1 heterocycles. The zero-order valence-corrected chi connectivity index (χ0v) is 48.0. The number of nitrogens with one attached hydrogen (secondary N) is 1. The molecule has 8 unspecified atom stereocenters. The second kappa shape index (κ2) is 52.5. The van der Waals surface area contributed by atoms with Crippen molar-refractivity contribution >= 4 is 11.9 Å². The Balaban J connectivity index is 2.76. The van der Waals surface area contributed by atoms with Gasteiger partial charge in [-0.25, -0.2) is 0 Å². The first-order valence-electron chi connectivity index (χ1n) is 30.0. The Morgan fingerprint density at radius 2 is 1.00 bits per heavy atom. The van der Waals surface area contributed by atoms with Crippen LogP contribution in [0.5, 0.6) is 0 Å². The Hall–Kier alpha value is -4.20. The van der Waals surface area contributed by atoms with Gasteiger partial charge in [0.25, 0.3) is 0 Å². The zero-order valence-electron chi connectivity index (χ0n) is 48.0. The Morgan fingerprint density at radius 1 is 0.532 bits per heavy atom.